The van der Waals surface area contributed by atoms with Gasteiger partial charge < -0.3 is 37.5 Å². The molecule has 0 saturated carbocycles. The second-order valence-corrected chi connectivity index (χ2v) is 10.2. The lowest BCUT2D eigenvalue weighted by Crippen LogP contribution is -2.58. The Labute approximate surface area is 244 Å². The van der Waals surface area contributed by atoms with E-state index in [4.69, 9.17) is 11.5 Å². The zero-order chi connectivity index (χ0) is 29.8. The average molecular weight is 583 g/mol. The SMILES string of the molecule is NCCCCC(NC(=O)C(Cc1ccccc1)NC(=O)C(Cc1c[nH]c2ccccc12)NC(=O)C(N)CS)C(=O)O. The average Bonchev–Trinajstić information content (AvgIpc) is 3.38. The number of rotatable bonds is 16. The number of hydrogen-bond donors (Lipinski definition) is 8. The van der Waals surface area contributed by atoms with Gasteiger partial charge in [-0.05, 0) is 43.0 Å². The number of benzene rings is 2. The summed E-state index contributed by atoms with van der Waals surface area (Å²) in [6, 6.07) is 12.3. The fourth-order valence-electron chi connectivity index (χ4n) is 4.45. The highest BCUT2D eigenvalue weighted by Crippen LogP contribution is 2.19. The number of carboxylic acid groups (broad SMARTS) is 1. The van der Waals surface area contributed by atoms with Crippen LogP contribution in [-0.4, -0.2) is 70.2 Å². The third-order valence-corrected chi connectivity index (χ3v) is 7.14. The molecule has 41 heavy (non-hydrogen) atoms. The highest BCUT2D eigenvalue weighted by atomic mass is 32.1. The van der Waals surface area contributed by atoms with Crippen LogP contribution < -0.4 is 27.4 Å². The second kappa shape index (κ2) is 15.8. The molecule has 12 heteroatoms. The van der Waals surface area contributed by atoms with Crippen LogP contribution in [0, 0.1) is 0 Å². The highest BCUT2D eigenvalue weighted by Gasteiger charge is 2.31. The van der Waals surface area contributed by atoms with Gasteiger partial charge in [-0.2, -0.15) is 12.6 Å². The number of carbonyl (C=O) groups is 4. The van der Waals surface area contributed by atoms with Gasteiger partial charge in [0, 0.05) is 35.7 Å². The number of nitrogens with two attached hydrogens (primary N) is 2. The first-order valence-electron chi connectivity index (χ1n) is 13.5. The Balaban J connectivity index is 1.86. The smallest absolute Gasteiger partial charge is 0.326 e. The third kappa shape index (κ3) is 9.34. The Morgan fingerprint density at radius 3 is 2.10 bits per heavy atom. The zero-order valence-corrected chi connectivity index (χ0v) is 23.6. The van der Waals surface area contributed by atoms with Gasteiger partial charge in [0.1, 0.15) is 18.1 Å². The molecule has 0 aliphatic heterocycles. The van der Waals surface area contributed by atoms with Crippen molar-refractivity contribution < 1.29 is 24.3 Å². The first-order valence-corrected chi connectivity index (χ1v) is 14.2. The standard InChI is InChI=1S/C29H38N6O5S/c30-13-7-6-12-23(29(39)40)33-27(37)24(14-18-8-2-1-3-9-18)35-28(38)25(34-26(36)21(31)17-41)15-19-16-32-22-11-5-4-10-20(19)22/h1-5,8-11,16,21,23-25,32,41H,6-7,12-15,17,30-31H2,(H,33,37)(H,34,36)(H,35,38)(H,39,40). The summed E-state index contributed by atoms with van der Waals surface area (Å²) in [4.78, 5) is 54.8. The van der Waals surface area contributed by atoms with Gasteiger partial charge in [-0.25, -0.2) is 4.79 Å². The number of aromatic amines is 1. The Kier molecular flexibility index (Phi) is 12.2. The van der Waals surface area contributed by atoms with Gasteiger partial charge in [0.2, 0.25) is 17.7 Å². The molecule has 9 N–H and O–H groups in total. The van der Waals surface area contributed by atoms with E-state index in [1.54, 1.807) is 30.5 Å². The predicted octanol–water partition coefficient (Wildman–Crippen LogP) is 0.878. The third-order valence-electron chi connectivity index (χ3n) is 6.74. The maximum atomic E-state index is 13.7. The minimum atomic E-state index is -1.18. The molecular weight excluding hydrogens is 544 g/mol. The van der Waals surface area contributed by atoms with Crippen molar-refractivity contribution in [2.45, 2.75) is 56.3 Å². The van der Waals surface area contributed by atoms with E-state index in [-0.39, 0.29) is 25.0 Å². The molecule has 4 atom stereocenters. The van der Waals surface area contributed by atoms with Gasteiger partial charge in [-0.1, -0.05) is 48.5 Å². The number of nitrogens with one attached hydrogen (secondary N) is 4. The number of aliphatic carboxylic acids is 1. The van der Waals surface area contributed by atoms with E-state index in [0.29, 0.717) is 19.4 Å². The number of amides is 3. The molecule has 0 bridgehead atoms. The first kappa shape index (κ1) is 31.7. The number of unbranched alkanes of at least 4 members (excludes halogenated alkanes) is 1. The minimum Gasteiger partial charge on any atom is -0.480 e. The number of para-hydroxylation sites is 1. The molecule has 0 fully saturated rings. The maximum Gasteiger partial charge on any atom is 0.326 e. The van der Waals surface area contributed by atoms with E-state index in [1.165, 1.54) is 0 Å². The van der Waals surface area contributed by atoms with Gasteiger partial charge >= 0.3 is 5.97 Å². The van der Waals surface area contributed by atoms with Crippen molar-refractivity contribution in [3.8, 4) is 0 Å². The second-order valence-electron chi connectivity index (χ2n) is 9.85. The number of aromatic nitrogens is 1. The summed E-state index contributed by atoms with van der Waals surface area (Å²) in [5.74, 6) is -2.92. The normalized spacial score (nSPS) is 14.0. The molecule has 11 nitrogen and oxygen atoms in total. The van der Waals surface area contributed by atoms with Crippen LogP contribution in [0.15, 0.2) is 60.8 Å². The van der Waals surface area contributed by atoms with Crippen molar-refractivity contribution >= 4 is 47.2 Å². The molecule has 1 heterocycles. The van der Waals surface area contributed by atoms with E-state index < -0.39 is 47.9 Å². The molecule has 3 aromatic rings. The number of hydrogen-bond acceptors (Lipinski definition) is 7. The number of carbonyl (C=O) groups excluding carboxylic acids is 3. The highest BCUT2D eigenvalue weighted by molar-refractivity contribution is 7.80. The number of H-pyrrole nitrogens is 1. The lowest BCUT2D eigenvalue weighted by molar-refractivity contribution is -0.142. The van der Waals surface area contributed by atoms with Gasteiger partial charge in [0.05, 0.1) is 6.04 Å². The molecular formula is C29H38N6O5S. The van der Waals surface area contributed by atoms with Crippen molar-refractivity contribution in [3.05, 3.63) is 71.9 Å². The Hall–Kier alpha value is -3.87. The van der Waals surface area contributed by atoms with Crippen LogP contribution in [0.2, 0.25) is 0 Å². The number of fused-ring (bicyclic) bond motifs is 1. The Morgan fingerprint density at radius 2 is 1.44 bits per heavy atom. The van der Waals surface area contributed by atoms with Crippen LogP contribution in [0.5, 0.6) is 0 Å². The van der Waals surface area contributed by atoms with Gasteiger partial charge in [0.25, 0.3) is 0 Å². The molecule has 0 spiro atoms. The summed E-state index contributed by atoms with van der Waals surface area (Å²) in [5.41, 5.74) is 13.8. The first-order chi connectivity index (χ1) is 19.7. The quantitative estimate of drug-likeness (QED) is 0.0907. The van der Waals surface area contributed by atoms with Crippen LogP contribution in [0.25, 0.3) is 10.9 Å². The topological polar surface area (TPSA) is 192 Å². The van der Waals surface area contributed by atoms with Crippen LogP contribution >= 0.6 is 12.6 Å². The Morgan fingerprint density at radius 1 is 0.829 bits per heavy atom. The Bertz CT molecular complexity index is 1320. The molecule has 2 aromatic carbocycles. The van der Waals surface area contributed by atoms with Crippen molar-refractivity contribution in [2.24, 2.45) is 11.5 Å². The van der Waals surface area contributed by atoms with Crippen LogP contribution in [0.4, 0.5) is 0 Å². The zero-order valence-electron chi connectivity index (χ0n) is 22.7. The fourth-order valence-corrected chi connectivity index (χ4v) is 4.61. The van der Waals surface area contributed by atoms with Gasteiger partial charge in [-0.3, -0.25) is 14.4 Å². The van der Waals surface area contributed by atoms with Crippen LogP contribution in [0.3, 0.4) is 0 Å². The minimum absolute atomic E-state index is 0.0764. The van der Waals surface area contributed by atoms with E-state index in [9.17, 15) is 24.3 Å². The summed E-state index contributed by atoms with van der Waals surface area (Å²) in [7, 11) is 0. The fraction of sp³-hybridized carbons (Fsp3) is 0.379. The van der Waals surface area contributed by atoms with Crippen molar-refractivity contribution in [3.63, 3.8) is 0 Å². The molecule has 3 rings (SSSR count). The number of carboxylic acids is 1. The van der Waals surface area contributed by atoms with Crippen molar-refractivity contribution in [1.82, 2.24) is 20.9 Å². The van der Waals surface area contributed by atoms with Crippen LogP contribution in [-0.2, 0) is 32.0 Å². The van der Waals surface area contributed by atoms with E-state index in [1.807, 2.05) is 30.3 Å². The van der Waals surface area contributed by atoms with E-state index in [0.717, 1.165) is 22.0 Å². The van der Waals surface area contributed by atoms with Crippen molar-refractivity contribution in [2.75, 3.05) is 12.3 Å². The largest absolute Gasteiger partial charge is 0.480 e. The molecule has 0 saturated heterocycles. The summed E-state index contributed by atoms with van der Waals surface area (Å²) in [6.07, 6.45) is 3.34. The van der Waals surface area contributed by atoms with Crippen LogP contribution in [0.1, 0.15) is 30.4 Å². The molecule has 1 aromatic heterocycles. The predicted molar refractivity (Wildman–Crippen MR) is 160 cm³/mol. The molecule has 0 radical (unpaired) electrons. The number of thiol groups is 1. The molecule has 4 unspecified atom stereocenters. The summed E-state index contributed by atoms with van der Waals surface area (Å²) < 4.78 is 0. The summed E-state index contributed by atoms with van der Waals surface area (Å²) in [6.45, 7) is 0.410. The maximum absolute atomic E-state index is 13.7. The summed E-state index contributed by atoms with van der Waals surface area (Å²) in [5, 5.41) is 18.6. The molecule has 0 aliphatic rings. The van der Waals surface area contributed by atoms with E-state index >= 15 is 0 Å². The lowest BCUT2D eigenvalue weighted by atomic mass is 10.0. The van der Waals surface area contributed by atoms with Crippen molar-refractivity contribution in [1.29, 1.82) is 0 Å². The molecule has 220 valence electrons. The molecule has 0 aliphatic carbocycles. The monoisotopic (exact) mass is 582 g/mol. The molecule has 3 amide bonds. The van der Waals surface area contributed by atoms with Gasteiger partial charge in [0.15, 0.2) is 0 Å². The lowest BCUT2D eigenvalue weighted by Gasteiger charge is -2.25. The summed E-state index contributed by atoms with van der Waals surface area (Å²) >= 11 is 4.08. The van der Waals surface area contributed by atoms with Gasteiger partial charge in [-0.15, -0.1) is 0 Å². The van der Waals surface area contributed by atoms with E-state index in [2.05, 4.69) is 33.6 Å².